The number of hydrogen-bond acceptors (Lipinski definition) is 5. The molecule has 0 atom stereocenters. The zero-order chi connectivity index (χ0) is 15.2. The molecule has 0 aliphatic carbocycles. The summed E-state index contributed by atoms with van der Waals surface area (Å²) in [4.78, 5) is 12.5. The molecule has 5 nitrogen and oxygen atoms in total. The van der Waals surface area contributed by atoms with Gasteiger partial charge in [-0.3, -0.25) is 4.79 Å². The van der Waals surface area contributed by atoms with Crippen LogP contribution in [0, 0.1) is 0 Å². The Bertz CT molecular complexity index is 351. The van der Waals surface area contributed by atoms with Crippen molar-refractivity contribution in [2.45, 2.75) is 6.92 Å². The minimum atomic E-state index is 0.620. The van der Waals surface area contributed by atoms with Crippen LogP contribution in [-0.4, -0.2) is 58.1 Å². The Kier molecular flexibility index (Phi) is 11.7. The van der Waals surface area contributed by atoms with Crippen LogP contribution < -0.4 is 11.1 Å². The molecule has 20 heavy (non-hydrogen) atoms. The second-order valence-corrected chi connectivity index (χ2v) is 4.32. The number of likely N-dealkylation sites (N-methyl/N-ethyl adjacent to an activating group) is 2. The van der Waals surface area contributed by atoms with Gasteiger partial charge in [0.05, 0.1) is 6.61 Å². The van der Waals surface area contributed by atoms with E-state index in [1.807, 2.05) is 7.05 Å². The molecule has 0 fully saturated rings. The number of aldehydes is 1. The number of anilines is 1. The van der Waals surface area contributed by atoms with E-state index < -0.39 is 0 Å². The first kappa shape index (κ1) is 18.6. The van der Waals surface area contributed by atoms with E-state index in [1.54, 1.807) is 31.4 Å². The molecular formula is C15H27N3O2. The molecule has 0 heterocycles. The molecule has 3 N–H and O–H groups in total. The van der Waals surface area contributed by atoms with E-state index in [2.05, 4.69) is 17.1 Å². The van der Waals surface area contributed by atoms with Gasteiger partial charge in [0.1, 0.15) is 6.29 Å². The molecular weight excluding hydrogens is 254 g/mol. The van der Waals surface area contributed by atoms with Crippen LogP contribution in [0.25, 0.3) is 0 Å². The van der Waals surface area contributed by atoms with Crippen molar-refractivity contribution >= 4 is 12.0 Å². The average Bonchev–Trinajstić information content (AvgIpc) is 2.48. The summed E-state index contributed by atoms with van der Waals surface area (Å²) in [6, 6.07) is 6.84. The quantitative estimate of drug-likeness (QED) is 0.554. The van der Waals surface area contributed by atoms with Gasteiger partial charge < -0.3 is 20.7 Å². The van der Waals surface area contributed by atoms with Crippen LogP contribution in [0.5, 0.6) is 0 Å². The Hall–Kier alpha value is -1.43. The molecule has 1 aromatic rings. The molecule has 0 saturated heterocycles. The molecule has 1 aromatic carbocycles. The number of nitrogens with zero attached hydrogens (tertiary/aromatic N) is 1. The SMILES string of the molecule is CCN(CCNC)CCOC.Nc1cccc(C=O)c1. The van der Waals surface area contributed by atoms with Crippen molar-refractivity contribution < 1.29 is 9.53 Å². The lowest BCUT2D eigenvalue weighted by Gasteiger charge is -2.19. The molecule has 5 heteroatoms. The lowest BCUT2D eigenvalue weighted by molar-refractivity contribution is 0.112. The summed E-state index contributed by atoms with van der Waals surface area (Å²) in [5.41, 5.74) is 6.62. The van der Waals surface area contributed by atoms with Gasteiger partial charge in [-0.15, -0.1) is 0 Å². The summed E-state index contributed by atoms with van der Waals surface area (Å²) in [6.45, 7) is 7.30. The van der Waals surface area contributed by atoms with Crippen LogP contribution in [0.2, 0.25) is 0 Å². The van der Waals surface area contributed by atoms with E-state index in [1.165, 1.54) is 0 Å². The van der Waals surface area contributed by atoms with Gasteiger partial charge in [-0.1, -0.05) is 19.1 Å². The van der Waals surface area contributed by atoms with Crippen molar-refractivity contribution in [3.8, 4) is 0 Å². The predicted octanol–water partition coefficient (Wildman–Crippen LogP) is 1.26. The van der Waals surface area contributed by atoms with Gasteiger partial charge in [-0.2, -0.15) is 0 Å². The number of methoxy groups -OCH3 is 1. The first-order chi connectivity index (χ1) is 9.67. The van der Waals surface area contributed by atoms with Crippen molar-refractivity contribution in [2.24, 2.45) is 0 Å². The monoisotopic (exact) mass is 281 g/mol. The minimum Gasteiger partial charge on any atom is -0.399 e. The first-order valence-electron chi connectivity index (χ1n) is 6.84. The summed E-state index contributed by atoms with van der Waals surface area (Å²) in [6.07, 6.45) is 0.774. The van der Waals surface area contributed by atoms with Crippen LogP contribution in [0.15, 0.2) is 24.3 Å². The number of carbonyl (C=O) groups is 1. The maximum Gasteiger partial charge on any atom is 0.150 e. The summed E-state index contributed by atoms with van der Waals surface area (Å²) in [5, 5.41) is 3.13. The van der Waals surface area contributed by atoms with E-state index in [0.29, 0.717) is 11.3 Å². The van der Waals surface area contributed by atoms with Gasteiger partial charge in [0.2, 0.25) is 0 Å². The lowest BCUT2D eigenvalue weighted by atomic mass is 10.2. The van der Waals surface area contributed by atoms with E-state index >= 15 is 0 Å². The largest absolute Gasteiger partial charge is 0.399 e. The smallest absolute Gasteiger partial charge is 0.150 e. The molecule has 0 amide bonds. The molecule has 0 aromatic heterocycles. The highest BCUT2D eigenvalue weighted by atomic mass is 16.5. The van der Waals surface area contributed by atoms with Crippen LogP contribution in [0.4, 0.5) is 5.69 Å². The molecule has 0 aliphatic rings. The average molecular weight is 281 g/mol. The first-order valence-corrected chi connectivity index (χ1v) is 6.84. The molecule has 0 radical (unpaired) electrons. The Morgan fingerprint density at radius 2 is 2.15 bits per heavy atom. The fourth-order valence-corrected chi connectivity index (χ4v) is 1.55. The van der Waals surface area contributed by atoms with Crippen molar-refractivity contribution in [3.63, 3.8) is 0 Å². The van der Waals surface area contributed by atoms with E-state index in [-0.39, 0.29) is 0 Å². The molecule has 0 saturated carbocycles. The fraction of sp³-hybridized carbons (Fsp3) is 0.533. The third kappa shape index (κ3) is 9.49. The van der Waals surface area contributed by atoms with Gasteiger partial charge in [0, 0.05) is 38.0 Å². The second kappa shape index (κ2) is 12.6. The van der Waals surface area contributed by atoms with E-state index in [4.69, 9.17) is 10.5 Å². The molecule has 1 rings (SSSR count). The molecule has 0 bridgehead atoms. The summed E-state index contributed by atoms with van der Waals surface area (Å²) >= 11 is 0. The van der Waals surface area contributed by atoms with Gasteiger partial charge >= 0.3 is 0 Å². The normalized spacial score (nSPS) is 10.0. The van der Waals surface area contributed by atoms with Crippen molar-refractivity contribution in [2.75, 3.05) is 52.7 Å². The summed E-state index contributed by atoms with van der Waals surface area (Å²) in [7, 11) is 3.72. The van der Waals surface area contributed by atoms with Crippen molar-refractivity contribution in [1.29, 1.82) is 0 Å². The van der Waals surface area contributed by atoms with Gasteiger partial charge in [0.25, 0.3) is 0 Å². The third-order valence-electron chi connectivity index (χ3n) is 2.78. The van der Waals surface area contributed by atoms with Crippen LogP contribution >= 0.6 is 0 Å². The van der Waals surface area contributed by atoms with Crippen molar-refractivity contribution in [3.05, 3.63) is 29.8 Å². The number of benzene rings is 1. The molecule has 0 spiro atoms. The molecule has 114 valence electrons. The van der Waals surface area contributed by atoms with E-state index in [0.717, 1.165) is 39.1 Å². The van der Waals surface area contributed by atoms with Crippen molar-refractivity contribution in [1.82, 2.24) is 10.2 Å². The maximum absolute atomic E-state index is 10.1. The highest BCUT2D eigenvalue weighted by Crippen LogP contribution is 2.02. The number of carbonyl (C=O) groups excluding carboxylic acids is 1. The number of nitrogens with one attached hydrogen (secondary N) is 1. The zero-order valence-electron chi connectivity index (χ0n) is 12.8. The topological polar surface area (TPSA) is 67.6 Å². The Morgan fingerprint density at radius 1 is 1.40 bits per heavy atom. The maximum atomic E-state index is 10.1. The third-order valence-corrected chi connectivity index (χ3v) is 2.78. The van der Waals surface area contributed by atoms with Crippen LogP contribution in [-0.2, 0) is 4.74 Å². The fourth-order valence-electron chi connectivity index (χ4n) is 1.55. The minimum absolute atomic E-state index is 0.620. The predicted molar refractivity (Wildman–Crippen MR) is 84.2 cm³/mol. The van der Waals surface area contributed by atoms with Crippen LogP contribution in [0.1, 0.15) is 17.3 Å². The van der Waals surface area contributed by atoms with E-state index in [9.17, 15) is 4.79 Å². The van der Waals surface area contributed by atoms with Gasteiger partial charge in [0.15, 0.2) is 0 Å². The number of ether oxygens (including phenoxy) is 1. The Morgan fingerprint density at radius 3 is 2.60 bits per heavy atom. The number of hydrogen-bond donors (Lipinski definition) is 2. The Balaban J connectivity index is 0.000000367. The lowest BCUT2D eigenvalue weighted by Crippen LogP contribution is -2.33. The number of nitrogen functional groups attached to an aromatic ring is 1. The van der Waals surface area contributed by atoms with Crippen LogP contribution in [0.3, 0.4) is 0 Å². The molecule has 0 aliphatic heterocycles. The number of rotatable bonds is 8. The number of nitrogens with two attached hydrogens (primary N) is 1. The standard InChI is InChI=1S/C8H20N2O.C7H7NO/c1-4-10(6-5-9-2)7-8-11-3;8-7-3-1-2-6(4-7)5-9/h9H,4-8H2,1-3H3;1-5H,8H2. The zero-order valence-corrected chi connectivity index (χ0v) is 12.8. The van der Waals surface area contributed by atoms with Gasteiger partial charge in [-0.25, -0.2) is 0 Å². The second-order valence-electron chi connectivity index (χ2n) is 4.32. The highest BCUT2D eigenvalue weighted by molar-refractivity contribution is 5.76. The molecule has 0 unspecified atom stereocenters. The highest BCUT2D eigenvalue weighted by Gasteiger charge is 1.98. The Labute approximate surface area is 122 Å². The van der Waals surface area contributed by atoms with Gasteiger partial charge in [-0.05, 0) is 25.7 Å². The summed E-state index contributed by atoms with van der Waals surface area (Å²) < 4.78 is 4.99. The summed E-state index contributed by atoms with van der Waals surface area (Å²) in [5.74, 6) is 0.